The molecule has 0 N–H and O–H groups in total. The molecule has 22 heavy (non-hydrogen) atoms. The van der Waals surface area contributed by atoms with Gasteiger partial charge in [0.15, 0.2) is 0 Å². The van der Waals surface area contributed by atoms with E-state index in [2.05, 4.69) is 0 Å². The topological polar surface area (TPSA) is 55.8 Å². The summed E-state index contributed by atoms with van der Waals surface area (Å²) in [5, 5.41) is 0. The standard InChI is InChI=1S/C17H23NO4/c1-16(10-11-16)17(2,22-15(20)18(3)4)14(19)21-12-13-8-6-5-7-9-13/h5-9H,10-12H2,1-4H3. The smallest absolute Gasteiger partial charge is 0.410 e. The number of benzene rings is 1. The molecular formula is C17H23NO4. The number of hydrogen-bond donors (Lipinski definition) is 0. The molecular weight excluding hydrogens is 282 g/mol. The molecule has 0 radical (unpaired) electrons. The molecule has 0 saturated heterocycles. The van der Waals surface area contributed by atoms with Gasteiger partial charge in [-0.1, -0.05) is 37.3 Å². The maximum Gasteiger partial charge on any atom is 0.410 e. The number of rotatable bonds is 5. The van der Waals surface area contributed by atoms with Crippen LogP contribution < -0.4 is 0 Å². The van der Waals surface area contributed by atoms with Crippen LogP contribution in [0.4, 0.5) is 4.79 Å². The van der Waals surface area contributed by atoms with Gasteiger partial charge in [-0.25, -0.2) is 9.59 Å². The minimum Gasteiger partial charge on any atom is -0.458 e. The van der Waals surface area contributed by atoms with Crippen molar-refractivity contribution >= 4 is 12.1 Å². The van der Waals surface area contributed by atoms with E-state index in [1.165, 1.54) is 4.90 Å². The number of carbonyl (C=O) groups is 2. The largest absolute Gasteiger partial charge is 0.458 e. The number of esters is 1. The molecule has 1 unspecified atom stereocenters. The van der Waals surface area contributed by atoms with Gasteiger partial charge in [0.25, 0.3) is 0 Å². The Morgan fingerprint density at radius 2 is 1.82 bits per heavy atom. The van der Waals surface area contributed by atoms with Gasteiger partial charge in [-0.15, -0.1) is 0 Å². The minimum atomic E-state index is -1.26. The molecule has 1 saturated carbocycles. The van der Waals surface area contributed by atoms with Crippen molar-refractivity contribution in [2.45, 2.75) is 38.9 Å². The lowest BCUT2D eigenvalue weighted by Gasteiger charge is -2.34. The van der Waals surface area contributed by atoms with Crippen molar-refractivity contribution in [1.29, 1.82) is 0 Å². The average molecular weight is 305 g/mol. The lowest BCUT2D eigenvalue weighted by molar-refractivity contribution is -0.173. The second kappa shape index (κ2) is 5.99. The Balaban J connectivity index is 2.08. The molecule has 1 aliphatic rings. The highest BCUT2D eigenvalue weighted by molar-refractivity contribution is 5.84. The highest BCUT2D eigenvalue weighted by Gasteiger charge is 2.61. The Kier molecular flexibility index (Phi) is 4.44. The van der Waals surface area contributed by atoms with E-state index in [9.17, 15) is 9.59 Å². The van der Waals surface area contributed by atoms with Gasteiger partial charge in [0.2, 0.25) is 5.60 Å². The van der Waals surface area contributed by atoms with E-state index in [0.717, 1.165) is 18.4 Å². The van der Waals surface area contributed by atoms with Crippen molar-refractivity contribution in [3.63, 3.8) is 0 Å². The van der Waals surface area contributed by atoms with Gasteiger partial charge in [-0.05, 0) is 25.3 Å². The molecule has 1 amide bonds. The zero-order valence-corrected chi connectivity index (χ0v) is 13.6. The van der Waals surface area contributed by atoms with Crippen LogP contribution in [-0.4, -0.2) is 36.7 Å². The first kappa shape index (κ1) is 16.3. The van der Waals surface area contributed by atoms with E-state index in [1.807, 2.05) is 37.3 Å². The van der Waals surface area contributed by atoms with Gasteiger partial charge in [-0.2, -0.15) is 0 Å². The third kappa shape index (κ3) is 3.24. The van der Waals surface area contributed by atoms with Gasteiger partial charge < -0.3 is 14.4 Å². The Hall–Kier alpha value is -2.04. The normalized spacial score (nSPS) is 18.0. The second-order valence-electron chi connectivity index (χ2n) is 6.42. The minimum absolute atomic E-state index is 0.171. The number of nitrogens with zero attached hydrogens (tertiary/aromatic N) is 1. The fraction of sp³-hybridized carbons (Fsp3) is 0.529. The van der Waals surface area contributed by atoms with Crippen molar-refractivity contribution in [3.8, 4) is 0 Å². The predicted octanol–water partition coefficient (Wildman–Crippen LogP) is 2.99. The Labute approximate surface area is 131 Å². The first-order valence-corrected chi connectivity index (χ1v) is 7.40. The first-order valence-electron chi connectivity index (χ1n) is 7.40. The number of hydrogen-bond acceptors (Lipinski definition) is 4. The van der Waals surface area contributed by atoms with Crippen LogP contribution in [0.5, 0.6) is 0 Å². The van der Waals surface area contributed by atoms with E-state index < -0.39 is 17.7 Å². The van der Waals surface area contributed by atoms with Crippen LogP contribution in [0.15, 0.2) is 30.3 Å². The summed E-state index contributed by atoms with van der Waals surface area (Å²) in [6, 6.07) is 9.44. The Morgan fingerprint density at radius 3 is 2.32 bits per heavy atom. The molecule has 1 atom stereocenters. The van der Waals surface area contributed by atoms with Crippen LogP contribution in [-0.2, 0) is 20.9 Å². The second-order valence-corrected chi connectivity index (χ2v) is 6.42. The molecule has 0 bridgehead atoms. The maximum absolute atomic E-state index is 12.6. The third-order valence-electron chi connectivity index (χ3n) is 4.41. The summed E-state index contributed by atoms with van der Waals surface area (Å²) >= 11 is 0. The van der Waals surface area contributed by atoms with Crippen LogP contribution in [0, 0.1) is 5.41 Å². The molecule has 0 aliphatic heterocycles. The molecule has 0 heterocycles. The molecule has 120 valence electrons. The fourth-order valence-corrected chi connectivity index (χ4v) is 2.20. The third-order valence-corrected chi connectivity index (χ3v) is 4.41. The molecule has 1 aliphatic carbocycles. The van der Waals surface area contributed by atoms with Crippen LogP contribution in [0.2, 0.25) is 0 Å². The van der Waals surface area contributed by atoms with E-state index in [4.69, 9.17) is 9.47 Å². The summed E-state index contributed by atoms with van der Waals surface area (Å²) in [6.45, 7) is 3.76. The summed E-state index contributed by atoms with van der Waals surface area (Å²) in [5.74, 6) is -0.494. The van der Waals surface area contributed by atoms with Gasteiger partial charge in [0, 0.05) is 19.5 Å². The van der Waals surface area contributed by atoms with Crippen molar-refractivity contribution in [2.75, 3.05) is 14.1 Å². The van der Waals surface area contributed by atoms with Crippen LogP contribution in [0.3, 0.4) is 0 Å². The van der Waals surface area contributed by atoms with Crippen molar-refractivity contribution in [2.24, 2.45) is 5.41 Å². The summed E-state index contributed by atoms with van der Waals surface area (Å²) in [6.07, 6.45) is 1.14. The van der Waals surface area contributed by atoms with Gasteiger partial charge in [0.05, 0.1) is 0 Å². The van der Waals surface area contributed by atoms with E-state index >= 15 is 0 Å². The van der Waals surface area contributed by atoms with Crippen molar-refractivity contribution in [1.82, 2.24) is 4.90 Å². The number of carbonyl (C=O) groups excluding carboxylic acids is 2. The monoisotopic (exact) mass is 305 g/mol. The first-order chi connectivity index (χ1) is 10.3. The summed E-state index contributed by atoms with van der Waals surface area (Å²) < 4.78 is 10.9. The van der Waals surface area contributed by atoms with Crippen LogP contribution >= 0.6 is 0 Å². The Morgan fingerprint density at radius 1 is 1.23 bits per heavy atom. The van der Waals surface area contributed by atoms with Crippen LogP contribution in [0.1, 0.15) is 32.3 Å². The fourth-order valence-electron chi connectivity index (χ4n) is 2.20. The summed E-state index contributed by atoms with van der Waals surface area (Å²) in [4.78, 5) is 25.8. The van der Waals surface area contributed by atoms with Gasteiger partial charge >= 0.3 is 12.1 Å². The lowest BCUT2D eigenvalue weighted by Crippen LogP contribution is -2.50. The number of amides is 1. The summed E-state index contributed by atoms with van der Waals surface area (Å²) in [5.41, 5.74) is -0.714. The molecule has 1 fully saturated rings. The molecule has 1 aromatic carbocycles. The summed E-state index contributed by atoms with van der Waals surface area (Å²) in [7, 11) is 3.18. The maximum atomic E-state index is 12.6. The molecule has 2 rings (SSSR count). The zero-order valence-electron chi connectivity index (χ0n) is 13.6. The quantitative estimate of drug-likeness (QED) is 0.785. The zero-order chi connectivity index (χ0) is 16.4. The number of ether oxygens (including phenoxy) is 2. The highest BCUT2D eigenvalue weighted by Crippen LogP contribution is 2.55. The van der Waals surface area contributed by atoms with E-state index in [1.54, 1.807) is 21.0 Å². The van der Waals surface area contributed by atoms with Crippen LogP contribution in [0.25, 0.3) is 0 Å². The molecule has 0 spiro atoms. The Bertz CT molecular complexity index is 551. The average Bonchev–Trinajstić information content (AvgIpc) is 3.25. The molecule has 0 aromatic heterocycles. The van der Waals surface area contributed by atoms with Gasteiger partial charge in [-0.3, -0.25) is 0 Å². The van der Waals surface area contributed by atoms with E-state index in [-0.39, 0.29) is 12.0 Å². The highest BCUT2D eigenvalue weighted by atomic mass is 16.6. The lowest BCUT2D eigenvalue weighted by atomic mass is 9.87. The molecule has 5 nitrogen and oxygen atoms in total. The SMILES string of the molecule is CN(C)C(=O)OC(C)(C(=O)OCc1ccccc1)C1(C)CC1. The van der Waals surface area contributed by atoms with E-state index in [0.29, 0.717) is 0 Å². The molecule has 5 heteroatoms. The van der Waals surface area contributed by atoms with Gasteiger partial charge in [0.1, 0.15) is 6.61 Å². The predicted molar refractivity (Wildman–Crippen MR) is 82.2 cm³/mol. The van der Waals surface area contributed by atoms with Crippen molar-refractivity contribution in [3.05, 3.63) is 35.9 Å². The van der Waals surface area contributed by atoms with Crippen molar-refractivity contribution < 1.29 is 19.1 Å². The molecule has 1 aromatic rings.